The van der Waals surface area contributed by atoms with Gasteiger partial charge in [0.05, 0.1) is 0 Å². The molecule has 0 unspecified atom stereocenters. The summed E-state index contributed by atoms with van der Waals surface area (Å²) < 4.78 is 236. The summed E-state index contributed by atoms with van der Waals surface area (Å²) in [6.07, 6.45) is -10.0. The van der Waals surface area contributed by atoms with Crippen molar-refractivity contribution in [3.8, 4) is 0 Å². The van der Waals surface area contributed by atoms with Crippen molar-refractivity contribution in [2.45, 2.75) is 112 Å². The second-order valence-electron chi connectivity index (χ2n) is 10.2. The van der Waals surface area contributed by atoms with Crippen molar-refractivity contribution < 1.29 is 84.2 Å². The van der Waals surface area contributed by atoms with Gasteiger partial charge in [-0.1, -0.05) is 34.6 Å². The number of aliphatic hydroxyl groups is 1. The van der Waals surface area contributed by atoms with Crippen molar-refractivity contribution in [2.24, 2.45) is 5.92 Å². The Labute approximate surface area is 224 Å². The van der Waals surface area contributed by atoms with Crippen LogP contribution in [0.4, 0.5) is 74.6 Å². The topological polar surface area (TPSA) is 29.5 Å². The highest BCUT2D eigenvalue weighted by molar-refractivity contribution is 6.76. The summed E-state index contributed by atoms with van der Waals surface area (Å²) in [6.45, 7) is 6.10. The predicted octanol–water partition coefficient (Wildman–Crippen LogP) is 9.19. The summed E-state index contributed by atoms with van der Waals surface area (Å²) in [5.74, 6) is -57.0. The van der Waals surface area contributed by atoms with Crippen LogP contribution in [0.5, 0.6) is 0 Å². The van der Waals surface area contributed by atoms with Crippen LogP contribution < -0.4 is 0 Å². The summed E-state index contributed by atoms with van der Waals surface area (Å²) in [5.41, 5.74) is -1.56. The number of hydrogen-bond acceptors (Lipinski definition) is 2. The zero-order valence-corrected chi connectivity index (χ0v) is 23.0. The Morgan fingerprint density at radius 1 is 0.585 bits per heavy atom. The van der Waals surface area contributed by atoms with Crippen LogP contribution in [-0.4, -0.2) is 74.3 Å². The summed E-state index contributed by atoms with van der Waals surface area (Å²) in [4.78, 5) is 0. The second kappa shape index (κ2) is 12.1. The van der Waals surface area contributed by atoms with Crippen LogP contribution in [0, 0.1) is 5.92 Å². The lowest BCUT2D eigenvalue weighted by Crippen LogP contribution is -2.74. The third-order valence-corrected chi connectivity index (χ3v) is 12.6. The van der Waals surface area contributed by atoms with E-state index >= 15 is 0 Å². The molecule has 0 aromatic rings. The van der Waals surface area contributed by atoms with Gasteiger partial charge in [-0.2, -0.15) is 74.6 Å². The molecule has 0 aliphatic carbocycles. The van der Waals surface area contributed by atoms with Gasteiger partial charge in [0.1, 0.15) is 0 Å². The highest BCUT2D eigenvalue weighted by atomic mass is 28.4. The van der Waals surface area contributed by atoms with E-state index in [-0.39, 0.29) is 13.0 Å². The van der Waals surface area contributed by atoms with Crippen LogP contribution in [0.3, 0.4) is 0 Å². The SMILES string of the molecule is CC[C@H](CO)CO[Si](CCC(F)(F)C(F)(F)C(F)(F)C(F)(F)C(F)(F)C(F)(F)C(F)(F)C(F)(F)F)(C(C)C)C(C)C. The van der Waals surface area contributed by atoms with E-state index in [9.17, 15) is 79.7 Å². The summed E-state index contributed by atoms with van der Waals surface area (Å²) in [7, 11) is -3.80. The largest absolute Gasteiger partial charge is 0.460 e. The Hall–Kier alpha value is -1.05. The van der Waals surface area contributed by atoms with Crippen molar-refractivity contribution in [3.63, 3.8) is 0 Å². The molecule has 0 spiro atoms. The smallest absolute Gasteiger partial charge is 0.416 e. The molecule has 1 N–H and O–H groups in total. The molecule has 0 bridgehead atoms. The molecule has 0 saturated heterocycles. The Morgan fingerprint density at radius 3 is 1.22 bits per heavy atom. The normalized spacial score (nSPS) is 16.6. The van der Waals surface area contributed by atoms with E-state index in [1.54, 1.807) is 6.92 Å². The lowest BCUT2D eigenvalue weighted by atomic mass is 9.88. The molecule has 0 aromatic heterocycles. The molecule has 0 heterocycles. The van der Waals surface area contributed by atoms with E-state index < -0.39 is 92.0 Å². The van der Waals surface area contributed by atoms with Crippen molar-refractivity contribution >= 4 is 8.32 Å². The molecular weight excluding hydrogens is 635 g/mol. The zero-order valence-electron chi connectivity index (χ0n) is 22.0. The van der Waals surface area contributed by atoms with Gasteiger partial charge in [0.2, 0.25) is 0 Å². The minimum Gasteiger partial charge on any atom is -0.416 e. The van der Waals surface area contributed by atoms with Gasteiger partial charge in [-0.25, -0.2) is 0 Å². The maximum atomic E-state index is 14.5. The summed E-state index contributed by atoms with van der Waals surface area (Å²) in [5, 5.41) is 9.29. The van der Waals surface area contributed by atoms with Gasteiger partial charge in [-0.3, -0.25) is 0 Å². The van der Waals surface area contributed by atoms with Crippen molar-refractivity contribution in [1.29, 1.82) is 0 Å². The number of halogens is 17. The quantitative estimate of drug-likeness (QED) is 0.132. The van der Waals surface area contributed by atoms with Crippen LogP contribution in [0.2, 0.25) is 17.1 Å². The molecule has 0 saturated carbocycles. The minimum atomic E-state index is -8.64. The molecule has 2 nitrogen and oxygen atoms in total. The number of hydrogen-bond donors (Lipinski definition) is 1. The molecule has 41 heavy (non-hydrogen) atoms. The van der Waals surface area contributed by atoms with Gasteiger partial charge in [0, 0.05) is 25.6 Å². The van der Waals surface area contributed by atoms with Gasteiger partial charge >= 0.3 is 47.6 Å². The fourth-order valence-corrected chi connectivity index (χ4v) is 8.48. The molecule has 0 amide bonds. The van der Waals surface area contributed by atoms with Crippen molar-refractivity contribution in [2.75, 3.05) is 13.2 Å². The first-order valence-electron chi connectivity index (χ1n) is 11.8. The fourth-order valence-electron chi connectivity index (χ4n) is 3.93. The minimum absolute atomic E-state index is 0.263. The molecule has 0 fully saturated rings. The Morgan fingerprint density at radius 2 is 0.927 bits per heavy atom. The van der Waals surface area contributed by atoms with E-state index in [0.717, 1.165) is 0 Å². The average Bonchev–Trinajstić information content (AvgIpc) is 2.79. The van der Waals surface area contributed by atoms with E-state index in [2.05, 4.69) is 0 Å². The molecule has 20 heteroatoms. The van der Waals surface area contributed by atoms with Crippen LogP contribution in [-0.2, 0) is 4.43 Å². The molecule has 0 aromatic carbocycles. The molecule has 0 aliphatic heterocycles. The maximum absolute atomic E-state index is 14.5. The fraction of sp³-hybridized carbons (Fsp3) is 1.00. The number of aliphatic hydroxyl groups excluding tert-OH is 1. The molecule has 0 aliphatic rings. The Kier molecular flexibility index (Phi) is 11.8. The van der Waals surface area contributed by atoms with Crippen LogP contribution in [0.25, 0.3) is 0 Å². The van der Waals surface area contributed by atoms with Crippen LogP contribution in [0.1, 0.15) is 47.5 Å². The van der Waals surface area contributed by atoms with Crippen LogP contribution in [0.15, 0.2) is 0 Å². The first-order chi connectivity index (χ1) is 17.8. The second-order valence-corrected chi connectivity index (χ2v) is 15.2. The van der Waals surface area contributed by atoms with Gasteiger partial charge in [0.25, 0.3) is 0 Å². The average molecular weight is 665 g/mol. The standard InChI is InChI=1S/C21H29F17O2Si/c1-6-13(9-39)10-40-41(11(2)3,12(4)5)8-7-14(22,23)15(24,25)16(26,27)17(28,29)18(30,31)19(32,33)20(34,35)21(36,37)38/h11-13,39H,6-10H2,1-5H3/t13-/m1/s1. The summed E-state index contributed by atoms with van der Waals surface area (Å²) in [6, 6.07) is -1.24. The van der Waals surface area contributed by atoms with Crippen molar-refractivity contribution in [1.82, 2.24) is 0 Å². The van der Waals surface area contributed by atoms with Gasteiger partial charge in [0.15, 0.2) is 8.32 Å². The van der Waals surface area contributed by atoms with E-state index in [4.69, 9.17) is 4.43 Å². The maximum Gasteiger partial charge on any atom is 0.460 e. The lowest BCUT2D eigenvalue weighted by Gasteiger charge is -2.44. The molecule has 0 radical (unpaired) electrons. The zero-order chi connectivity index (χ0) is 33.5. The third kappa shape index (κ3) is 6.43. The number of rotatable bonds is 16. The molecule has 0 rings (SSSR count). The molecular formula is C21H29F17O2Si. The van der Waals surface area contributed by atoms with E-state index in [0.29, 0.717) is 0 Å². The third-order valence-electron chi connectivity index (χ3n) is 6.99. The van der Waals surface area contributed by atoms with Crippen molar-refractivity contribution in [3.05, 3.63) is 0 Å². The van der Waals surface area contributed by atoms with Gasteiger partial charge < -0.3 is 9.53 Å². The Balaban J connectivity index is 6.66. The molecule has 248 valence electrons. The van der Waals surface area contributed by atoms with Gasteiger partial charge in [-0.15, -0.1) is 0 Å². The predicted molar refractivity (Wildman–Crippen MR) is 113 cm³/mol. The van der Waals surface area contributed by atoms with E-state index in [1.165, 1.54) is 27.7 Å². The summed E-state index contributed by atoms with van der Waals surface area (Å²) >= 11 is 0. The first-order valence-corrected chi connectivity index (χ1v) is 14.1. The van der Waals surface area contributed by atoms with Gasteiger partial charge in [-0.05, 0) is 23.5 Å². The first kappa shape index (κ1) is 39.9. The van der Waals surface area contributed by atoms with Crippen LogP contribution >= 0.6 is 0 Å². The van der Waals surface area contributed by atoms with E-state index in [1.807, 2.05) is 0 Å². The highest BCUT2D eigenvalue weighted by Crippen LogP contribution is 2.64. The molecule has 1 atom stereocenters. The monoisotopic (exact) mass is 664 g/mol. The Bertz CT molecular complexity index is 843. The number of alkyl halides is 17. The highest BCUT2D eigenvalue weighted by Gasteiger charge is 2.95. The lowest BCUT2D eigenvalue weighted by molar-refractivity contribution is -0.461.